The van der Waals surface area contributed by atoms with Crippen molar-refractivity contribution in [3.63, 3.8) is 0 Å². The molecule has 0 spiro atoms. The number of aliphatic carboxylic acids is 1. The van der Waals surface area contributed by atoms with E-state index >= 15 is 0 Å². The Balaban J connectivity index is 0.00000392. The van der Waals surface area contributed by atoms with Crippen molar-refractivity contribution < 1.29 is 14.6 Å². The highest BCUT2D eigenvalue weighted by Gasteiger charge is 2.22. The second kappa shape index (κ2) is 9.99. The summed E-state index contributed by atoms with van der Waals surface area (Å²) < 4.78 is 5.86. The molecule has 0 amide bonds. The molecule has 5 N–H and O–H groups in total. The zero-order chi connectivity index (χ0) is 20.1. The summed E-state index contributed by atoms with van der Waals surface area (Å²) in [6.07, 6.45) is 0.0431. The van der Waals surface area contributed by atoms with E-state index in [1.54, 1.807) is 30.3 Å². The minimum absolute atomic E-state index is 0. The van der Waals surface area contributed by atoms with Gasteiger partial charge in [-0.25, -0.2) is 4.79 Å². The Morgan fingerprint density at radius 3 is 2.18 bits per heavy atom. The van der Waals surface area contributed by atoms with Crippen LogP contribution in [-0.4, -0.2) is 23.0 Å². The number of hydrogen-bond acceptors (Lipinski definition) is 4. The summed E-state index contributed by atoms with van der Waals surface area (Å²) >= 11 is 0. The van der Waals surface area contributed by atoms with Crippen molar-refractivity contribution in [1.29, 1.82) is 5.41 Å². The molecule has 0 aliphatic carbocycles. The molecule has 0 saturated carbocycles. The first-order valence-corrected chi connectivity index (χ1v) is 8.93. The third-order valence-electron chi connectivity index (χ3n) is 4.11. The lowest BCUT2D eigenvalue weighted by Crippen LogP contribution is -2.21. The zero-order valence-corrected chi connectivity index (χ0v) is 17.3. The molecule has 1 atom stereocenters. The van der Waals surface area contributed by atoms with Crippen molar-refractivity contribution in [3.8, 4) is 5.75 Å². The highest BCUT2D eigenvalue weighted by molar-refractivity contribution is 5.95. The van der Waals surface area contributed by atoms with Gasteiger partial charge in [-0.3, -0.25) is 5.41 Å². The topological polar surface area (TPSA) is 108 Å². The second-order valence-corrected chi connectivity index (χ2v) is 7.03. The first-order valence-electron chi connectivity index (χ1n) is 8.93. The molecule has 0 aliphatic rings. The number of hydrogen-bond donors (Lipinski definition) is 4. The summed E-state index contributed by atoms with van der Waals surface area (Å²) in [5.74, 6) is -0.0294. The van der Waals surface area contributed by atoms with Crippen LogP contribution in [0.2, 0.25) is 0 Å². The van der Waals surface area contributed by atoms with E-state index in [2.05, 4.69) is 19.2 Å². The average Bonchev–Trinajstić information content (AvgIpc) is 2.59. The van der Waals surface area contributed by atoms with Gasteiger partial charge in [-0.1, -0.05) is 19.9 Å². The van der Waals surface area contributed by atoms with Crippen LogP contribution in [0.25, 0.3) is 0 Å². The van der Waals surface area contributed by atoms with Gasteiger partial charge in [0.05, 0.1) is 6.10 Å². The van der Waals surface area contributed by atoms with Crippen LogP contribution >= 0.6 is 12.4 Å². The van der Waals surface area contributed by atoms with E-state index < -0.39 is 12.0 Å². The van der Waals surface area contributed by atoms with E-state index in [1.165, 1.54) is 0 Å². The Morgan fingerprint density at radius 1 is 1.11 bits per heavy atom. The van der Waals surface area contributed by atoms with Crippen LogP contribution in [-0.2, 0) is 4.79 Å². The number of amidine groups is 1. The molecular weight excluding hydrogens is 378 g/mol. The van der Waals surface area contributed by atoms with Crippen molar-refractivity contribution in [1.82, 2.24) is 0 Å². The van der Waals surface area contributed by atoms with Crippen LogP contribution in [0, 0.1) is 5.41 Å². The van der Waals surface area contributed by atoms with Crippen molar-refractivity contribution in [3.05, 3.63) is 59.2 Å². The fourth-order valence-electron chi connectivity index (χ4n) is 2.76. The Morgan fingerprint density at radius 2 is 1.71 bits per heavy atom. The number of halogens is 1. The fraction of sp³-hybridized carbons (Fsp3) is 0.333. The van der Waals surface area contributed by atoms with E-state index in [9.17, 15) is 9.90 Å². The zero-order valence-electron chi connectivity index (χ0n) is 16.5. The molecule has 0 aliphatic heterocycles. The monoisotopic (exact) mass is 405 g/mol. The average molecular weight is 406 g/mol. The molecule has 2 rings (SSSR count). The standard InChI is InChI=1S/C21H27N3O3.ClH/c1-12(2)17-11-15(7-10-18(17)27-13(3)4)19(21(25)26)24-16-8-5-14(6-9-16)20(22)23;/h5-13,19,24H,1-4H3,(H3,22,23)(H,25,26);1H. The molecular formula is C21H28ClN3O3. The second-order valence-electron chi connectivity index (χ2n) is 7.03. The Labute approximate surface area is 172 Å². The molecule has 1 unspecified atom stereocenters. The van der Waals surface area contributed by atoms with Crippen molar-refractivity contribution in [2.75, 3.05) is 5.32 Å². The number of carboxylic acids is 1. The molecule has 0 heterocycles. The first kappa shape index (κ1) is 23.3. The van der Waals surface area contributed by atoms with Gasteiger partial charge in [0.25, 0.3) is 0 Å². The van der Waals surface area contributed by atoms with Gasteiger partial charge in [-0.2, -0.15) is 0 Å². The molecule has 0 bridgehead atoms. The molecule has 0 fully saturated rings. The van der Waals surface area contributed by atoms with Gasteiger partial charge in [0.2, 0.25) is 0 Å². The molecule has 7 heteroatoms. The lowest BCUT2D eigenvalue weighted by Gasteiger charge is -2.21. The van der Waals surface area contributed by atoms with Gasteiger partial charge in [0, 0.05) is 11.3 Å². The maximum Gasteiger partial charge on any atom is 0.330 e. The highest BCUT2D eigenvalue weighted by atomic mass is 35.5. The molecule has 152 valence electrons. The lowest BCUT2D eigenvalue weighted by molar-refractivity contribution is -0.138. The minimum atomic E-state index is -0.974. The Hall–Kier alpha value is -2.73. The molecule has 2 aromatic carbocycles. The van der Waals surface area contributed by atoms with E-state index in [1.807, 2.05) is 26.0 Å². The number of nitrogen functional groups attached to an aromatic ring is 1. The smallest absolute Gasteiger partial charge is 0.330 e. The quantitative estimate of drug-likeness (QED) is 0.381. The third-order valence-corrected chi connectivity index (χ3v) is 4.11. The normalized spacial score (nSPS) is 11.6. The molecule has 0 aromatic heterocycles. The highest BCUT2D eigenvalue weighted by Crippen LogP contribution is 2.31. The van der Waals surface area contributed by atoms with Crippen molar-refractivity contribution in [2.24, 2.45) is 5.73 Å². The summed E-state index contributed by atoms with van der Waals surface area (Å²) in [6, 6.07) is 11.4. The summed E-state index contributed by atoms with van der Waals surface area (Å²) in [6.45, 7) is 8.03. The number of rotatable bonds is 8. The summed E-state index contributed by atoms with van der Waals surface area (Å²) in [4.78, 5) is 11.9. The molecule has 2 aromatic rings. The third kappa shape index (κ3) is 5.89. The summed E-state index contributed by atoms with van der Waals surface area (Å²) in [5, 5.41) is 20.2. The van der Waals surface area contributed by atoms with Crippen LogP contribution in [0.1, 0.15) is 56.3 Å². The van der Waals surface area contributed by atoms with E-state index in [-0.39, 0.29) is 30.3 Å². The van der Waals surface area contributed by atoms with Gasteiger partial charge in [0.15, 0.2) is 6.04 Å². The number of carboxylic acid groups (broad SMARTS) is 1. The molecule has 0 radical (unpaired) electrons. The Bertz CT molecular complexity index is 820. The predicted molar refractivity (Wildman–Crippen MR) is 115 cm³/mol. The minimum Gasteiger partial charge on any atom is -0.491 e. The van der Waals surface area contributed by atoms with Crippen LogP contribution in [0.4, 0.5) is 5.69 Å². The maximum absolute atomic E-state index is 11.9. The lowest BCUT2D eigenvalue weighted by atomic mass is 9.96. The van der Waals surface area contributed by atoms with E-state index in [0.29, 0.717) is 16.8 Å². The van der Waals surface area contributed by atoms with Gasteiger partial charge < -0.3 is 20.9 Å². The van der Waals surface area contributed by atoms with Crippen molar-refractivity contribution >= 4 is 29.9 Å². The van der Waals surface area contributed by atoms with Gasteiger partial charge in [0.1, 0.15) is 11.6 Å². The SMILES string of the molecule is CC(C)Oc1ccc(C(Nc2ccc(C(=N)N)cc2)C(=O)O)cc1C(C)C.Cl. The molecule has 28 heavy (non-hydrogen) atoms. The van der Waals surface area contributed by atoms with Gasteiger partial charge in [-0.05, 0) is 67.3 Å². The van der Waals surface area contributed by atoms with Crippen LogP contribution in [0.15, 0.2) is 42.5 Å². The fourth-order valence-corrected chi connectivity index (χ4v) is 2.76. The van der Waals surface area contributed by atoms with Crippen LogP contribution in [0.5, 0.6) is 5.75 Å². The van der Waals surface area contributed by atoms with Gasteiger partial charge >= 0.3 is 5.97 Å². The van der Waals surface area contributed by atoms with Gasteiger partial charge in [-0.15, -0.1) is 12.4 Å². The van der Waals surface area contributed by atoms with Crippen LogP contribution < -0.4 is 15.8 Å². The maximum atomic E-state index is 11.9. The number of anilines is 1. The van der Waals surface area contributed by atoms with E-state index in [4.69, 9.17) is 15.9 Å². The molecule has 0 saturated heterocycles. The Kier molecular flexibility index (Phi) is 8.32. The summed E-state index contributed by atoms with van der Waals surface area (Å²) in [7, 11) is 0. The van der Waals surface area contributed by atoms with Crippen LogP contribution in [0.3, 0.4) is 0 Å². The number of benzene rings is 2. The predicted octanol–water partition coefficient (Wildman–Crippen LogP) is 4.54. The number of ether oxygens (including phenoxy) is 1. The molecule has 6 nitrogen and oxygen atoms in total. The van der Waals surface area contributed by atoms with Crippen molar-refractivity contribution in [2.45, 2.75) is 45.8 Å². The largest absolute Gasteiger partial charge is 0.491 e. The number of nitrogens with one attached hydrogen (secondary N) is 2. The first-order chi connectivity index (χ1) is 12.7. The number of carbonyl (C=O) groups is 1. The summed E-state index contributed by atoms with van der Waals surface area (Å²) in [5.41, 5.74) is 8.31. The van der Waals surface area contributed by atoms with E-state index in [0.717, 1.165) is 11.3 Å². The number of nitrogens with two attached hydrogens (primary N) is 1.